The van der Waals surface area contributed by atoms with Gasteiger partial charge in [-0.2, -0.15) is 14.9 Å². The molecule has 0 unspecified atom stereocenters. The number of rotatable bonds is 7. The molecule has 1 N–H and O–H groups in total. The Bertz CT molecular complexity index is 987. The maximum Gasteiger partial charge on any atom is 0.273 e. The van der Waals surface area contributed by atoms with Gasteiger partial charge < -0.3 is 19.7 Å². The topological polar surface area (TPSA) is 107 Å². The molecular formula is C20H23N7O3. The number of anilines is 1. The minimum atomic E-state index is -0.311. The Kier molecular flexibility index (Phi) is 6.14. The third-order valence-corrected chi connectivity index (χ3v) is 4.49. The highest BCUT2D eigenvalue weighted by atomic mass is 16.5. The number of morpholine rings is 1. The van der Waals surface area contributed by atoms with Crippen molar-refractivity contribution in [3.8, 4) is 11.6 Å². The highest BCUT2D eigenvalue weighted by Gasteiger charge is 2.15. The lowest BCUT2D eigenvalue weighted by atomic mass is 10.3. The van der Waals surface area contributed by atoms with Crippen molar-refractivity contribution in [3.63, 3.8) is 0 Å². The molecule has 1 aliphatic rings. The van der Waals surface area contributed by atoms with Crippen molar-refractivity contribution in [1.82, 2.24) is 30.3 Å². The number of aromatic nitrogens is 5. The van der Waals surface area contributed by atoms with E-state index in [0.717, 1.165) is 24.6 Å². The molecule has 3 aromatic rings. The SMILES string of the molecule is Cc1nc(OCCNC(=O)c2cnn(-c3ccccc3)n2)cc(N2CCOCC2)n1. The first kappa shape index (κ1) is 19.8. The molecule has 10 heteroatoms. The van der Waals surface area contributed by atoms with E-state index in [1.165, 1.54) is 11.0 Å². The van der Waals surface area contributed by atoms with Gasteiger partial charge in [-0.1, -0.05) is 18.2 Å². The third kappa shape index (κ3) is 4.90. The van der Waals surface area contributed by atoms with Crippen molar-refractivity contribution in [2.24, 2.45) is 0 Å². The lowest BCUT2D eigenvalue weighted by Crippen LogP contribution is -2.37. The maximum atomic E-state index is 12.3. The second kappa shape index (κ2) is 9.31. The first-order chi connectivity index (χ1) is 14.7. The van der Waals surface area contributed by atoms with Crippen LogP contribution in [-0.4, -0.2) is 70.3 Å². The van der Waals surface area contributed by atoms with Crippen LogP contribution >= 0.6 is 0 Å². The molecule has 0 radical (unpaired) electrons. The molecule has 0 spiro atoms. The molecule has 0 aliphatic carbocycles. The molecule has 2 aromatic heterocycles. The number of para-hydroxylation sites is 1. The van der Waals surface area contributed by atoms with Crippen LogP contribution in [0.4, 0.5) is 5.82 Å². The van der Waals surface area contributed by atoms with Gasteiger partial charge in [0.05, 0.1) is 31.6 Å². The lowest BCUT2D eigenvalue weighted by molar-refractivity contribution is 0.0941. The van der Waals surface area contributed by atoms with E-state index >= 15 is 0 Å². The number of aryl methyl sites for hydroxylation is 1. The van der Waals surface area contributed by atoms with E-state index in [1.54, 1.807) is 0 Å². The fourth-order valence-electron chi connectivity index (χ4n) is 3.02. The van der Waals surface area contributed by atoms with Gasteiger partial charge >= 0.3 is 0 Å². The number of carbonyl (C=O) groups is 1. The third-order valence-electron chi connectivity index (χ3n) is 4.49. The van der Waals surface area contributed by atoms with Crippen molar-refractivity contribution in [1.29, 1.82) is 0 Å². The van der Waals surface area contributed by atoms with Gasteiger partial charge in [0.2, 0.25) is 5.88 Å². The van der Waals surface area contributed by atoms with E-state index in [-0.39, 0.29) is 18.2 Å². The zero-order chi connectivity index (χ0) is 20.8. The summed E-state index contributed by atoms with van der Waals surface area (Å²) in [7, 11) is 0. The number of amides is 1. The summed E-state index contributed by atoms with van der Waals surface area (Å²) in [5, 5.41) is 11.1. The van der Waals surface area contributed by atoms with E-state index in [4.69, 9.17) is 9.47 Å². The van der Waals surface area contributed by atoms with E-state index in [1.807, 2.05) is 43.3 Å². The number of carbonyl (C=O) groups excluding carboxylic acids is 1. The van der Waals surface area contributed by atoms with Crippen molar-refractivity contribution >= 4 is 11.7 Å². The molecule has 1 aliphatic heterocycles. The molecule has 1 amide bonds. The fraction of sp³-hybridized carbons (Fsp3) is 0.350. The average Bonchev–Trinajstić information content (AvgIpc) is 3.28. The molecule has 0 saturated carbocycles. The average molecular weight is 409 g/mol. The van der Waals surface area contributed by atoms with Gasteiger partial charge in [-0.15, -0.1) is 5.10 Å². The Hall–Kier alpha value is -3.53. The normalized spacial score (nSPS) is 13.8. The molecular weight excluding hydrogens is 386 g/mol. The highest BCUT2D eigenvalue weighted by molar-refractivity contribution is 5.91. The smallest absolute Gasteiger partial charge is 0.273 e. The van der Waals surface area contributed by atoms with Gasteiger partial charge in [-0.25, -0.2) is 4.98 Å². The summed E-state index contributed by atoms with van der Waals surface area (Å²) in [6.45, 7) is 5.35. The van der Waals surface area contributed by atoms with Gasteiger partial charge in [-0.3, -0.25) is 4.79 Å². The minimum Gasteiger partial charge on any atom is -0.476 e. The molecule has 4 rings (SSSR count). The van der Waals surface area contributed by atoms with Crippen LogP contribution in [0.1, 0.15) is 16.3 Å². The molecule has 156 valence electrons. The molecule has 3 heterocycles. The van der Waals surface area contributed by atoms with Crippen LogP contribution in [0, 0.1) is 6.92 Å². The number of nitrogens with one attached hydrogen (secondary N) is 1. The van der Waals surface area contributed by atoms with Crippen molar-refractivity contribution in [2.75, 3.05) is 44.4 Å². The number of hydrogen-bond acceptors (Lipinski definition) is 8. The summed E-state index contributed by atoms with van der Waals surface area (Å²) in [6.07, 6.45) is 1.44. The fourth-order valence-corrected chi connectivity index (χ4v) is 3.02. The van der Waals surface area contributed by atoms with Crippen LogP contribution < -0.4 is 15.0 Å². The van der Waals surface area contributed by atoms with Crippen LogP contribution in [0.25, 0.3) is 5.69 Å². The standard InChI is InChI=1S/C20H23N7O3/c1-15-23-18(26-8-11-29-12-9-26)13-19(24-15)30-10-7-21-20(28)17-14-22-27(25-17)16-5-3-2-4-6-16/h2-6,13-14H,7-12H2,1H3,(H,21,28). The van der Waals surface area contributed by atoms with Gasteiger partial charge in [0, 0.05) is 19.2 Å². The van der Waals surface area contributed by atoms with Crippen LogP contribution in [0.5, 0.6) is 5.88 Å². The van der Waals surface area contributed by atoms with Crippen LogP contribution in [0.2, 0.25) is 0 Å². The van der Waals surface area contributed by atoms with Gasteiger partial charge in [0.15, 0.2) is 5.69 Å². The van der Waals surface area contributed by atoms with E-state index in [0.29, 0.717) is 31.5 Å². The summed E-state index contributed by atoms with van der Waals surface area (Å²) >= 11 is 0. The summed E-state index contributed by atoms with van der Waals surface area (Å²) in [5.74, 6) is 1.62. The molecule has 1 saturated heterocycles. The monoisotopic (exact) mass is 409 g/mol. The van der Waals surface area contributed by atoms with Crippen molar-refractivity contribution < 1.29 is 14.3 Å². The first-order valence-corrected chi connectivity index (χ1v) is 9.76. The highest BCUT2D eigenvalue weighted by Crippen LogP contribution is 2.18. The quantitative estimate of drug-likeness (QED) is 0.576. The van der Waals surface area contributed by atoms with E-state index in [9.17, 15) is 4.79 Å². The number of nitrogens with zero attached hydrogens (tertiary/aromatic N) is 6. The molecule has 1 aromatic carbocycles. The van der Waals surface area contributed by atoms with Crippen molar-refractivity contribution in [2.45, 2.75) is 6.92 Å². The van der Waals surface area contributed by atoms with Gasteiger partial charge in [0.1, 0.15) is 18.2 Å². The molecule has 10 nitrogen and oxygen atoms in total. The van der Waals surface area contributed by atoms with E-state index in [2.05, 4.69) is 30.4 Å². The summed E-state index contributed by atoms with van der Waals surface area (Å²) < 4.78 is 11.1. The molecule has 0 bridgehead atoms. The zero-order valence-corrected chi connectivity index (χ0v) is 16.7. The lowest BCUT2D eigenvalue weighted by Gasteiger charge is -2.28. The first-order valence-electron chi connectivity index (χ1n) is 9.76. The largest absolute Gasteiger partial charge is 0.476 e. The Morgan fingerprint density at radius 1 is 1.20 bits per heavy atom. The van der Waals surface area contributed by atoms with Crippen molar-refractivity contribution in [3.05, 3.63) is 54.1 Å². The summed E-state index contributed by atoms with van der Waals surface area (Å²) in [5.41, 5.74) is 1.03. The Balaban J connectivity index is 1.28. The summed E-state index contributed by atoms with van der Waals surface area (Å²) in [6, 6.07) is 11.2. The van der Waals surface area contributed by atoms with Gasteiger partial charge in [-0.05, 0) is 19.1 Å². The van der Waals surface area contributed by atoms with Crippen LogP contribution in [0.15, 0.2) is 42.6 Å². The number of benzene rings is 1. The molecule has 30 heavy (non-hydrogen) atoms. The minimum absolute atomic E-state index is 0.242. The Labute approximate surface area is 173 Å². The summed E-state index contributed by atoms with van der Waals surface area (Å²) in [4.78, 5) is 24.6. The van der Waals surface area contributed by atoms with Gasteiger partial charge in [0.25, 0.3) is 5.91 Å². The number of ether oxygens (including phenoxy) is 2. The Morgan fingerprint density at radius 3 is 2.80 bits per heavy atom. The van der Waals surface area contributed by atoms with Crippen LogP contribution in [0.3, 0.4) is 0 Å². The molecule has 0 atom stereocenters. The predicted octanol–water partition coefficient (Wildman–Crippen LogP) is 1.01. The maximum absolute atomic E-state index is 12.3. The zero-order valence-electron chi connectivity index (χ0n) is 16.7. The second-order valence-corrected chi connectivity index (χ2v) is 6.67. The van der Waals surface area contributed by atoms with E-state index < -0.39 is 0 Å². The number of hydrogen-bond donors (Lipinski definition) is 1. The molecule has 1 fully saturated rings. The van der Waals surface area contributed by atoms with Crippen LogP contribution in [-0.2, 0) is 4.74 Å². The second-order valence-electron chi connectivity index (χ2n) is 6.67. The predicted molar refractivity (Wildman–Crippen MR) is 109 cm³/mol. The Morgan fingerprint density at radius 2 is 2.00 bits per heavy atom.